The highest BCUT2D eigenvalue weighted by molar-refractivity contribution is 7.93. The van der Waals surface area contributed by atoms with E-state index in [1.807, 2.05) is 0 Å². The summed E-state index contributed by atoms with van der Waals surface area (Å²) in [5, 5.41) is 15.2. The van der Waals surface area contributed by atoms with Crippen LogP contribution in [0.4, 0.5) is 8.78 Å². The first-order chi connectivity index (χ1) is 14.7. The number of aromatic nitrogens is 8. The fraction of sp³-hybridized carbons (Fsp3) is 0.389. The van der Waals surface area contributed by atoms with Crippen molar-refractivity contribution in [1.82, 2.24) is 39.7 Å². The molecule has 162 valence electrons. The Balaban J connectivity index is 1.90. The number of aryl methyl sites for hydroxylation is 1. The summed E-state index contributed by atoms with van der Waals surface area (Å²) in [5.74, 6) is 0.462. The summed E-state index contributed by atoms with van der Waals surface area (Å²) in [5.41, 5.74) is 2.54. The average molecular weight is 447 g/mol. The van der Waals surface area contributed by atoms with Crippen molar-refractivity contribution in [2.45, 2.75) is 30.6 Å². The Kier molecular flexibility index (Phi) is 4.22. The van der Waals surface area contributed by atoms with Crippen LogP contribution in [0.25, 0.3) is 33.9 Å². The summed E-state index contributed by atoms with van der Waals surface area (Å²) in [7, 11) is -1.33. The van der Waals surface area contributed by atoms with Crippen molar-refractivity contribution in [3.8, 4) is 22.9 Å². The average Bonchev–Trinajstić information content (AvgIpc) is 3.00. The van der Waals surface area contributed by atoms with E-state index in [9.17, 15) is 13.0 Å². The van der Waals surface area contributed by atoms with Crippen molar-refractivity contribution in [3.05, 3.63) is 30.2 Å². The maximum absolute atomic E-state index is 13.4. The Labute approximate surface area is 175 Å². The number of hydrogen-bond acceptors (Lipinski definition) is 7. The largest absolute Gasteiger partial charge is 0.276 e. The fourth-order valence-corrected chi connectivity index (χ4v) is 5.44. The molecule has 0 amide bonds. The molecular weight excluding hydrogens is 428 g/mol. The Bertz CT molecular complexity index is 1390. The van der Waals surface area contributed by atoms with Gasteiger partial charge in [-0.2, -0.15) is 15.3 Å². The highest BCUT2D eigenvalue weighted by Crippen LogP contribution is 2.55. The van der Waals surface area contributed by atoms with Crippen LogP contribution >= 0.6 is 0 Å². The molecule has 0 bridgehead atoms. The monoisotopic (exact) mass is 447 g/mol. The van der Waals surface area contributed by atoms with Gasteiger partial charge < -0.3 is 0 Å². The minimum atomic E-state index is -3.04. The van der Waals surface area contributed by atoms with Gasteiger partial charge in [-0.3, -0.25) is 14.6 Å². The predicted molar refractivity (Wildman–Crippen MR) is 109 cm³/mol. The Morgan fingerprint density at radius 3 is 2.71 bits per heavy atom. The van der Waals surface area contributed by atoms with Crippen molar-refractivity contribution in [2.24, 2.45) is 7.05 Å². The van der Waals surface area contributed by atoms with E-state index < -0.39 is 27.4 Å². The van der Waals surface area contributed by atoms with Crippen LogP contribution < -0.4 is 0 Å². The molecule has 1 unspecified atom stereocenters. The highest BCUT2D eigenvalue weighted by Gasteiger charge is 2.53. The molecule has 0 aliphatic heterocycles. The van der Waals surface area contributed by atoms with Gasteiger partial charge in [-0.1, -0.05) is 0 Å². The van der Waals surface area contributed by atoms with Gasteiger partial charge in [-0.25, -0.2) is 27.6 Å². The molecule has 0 saturated heterocycles. The fourth-order valence-electron chi connectivity index (χ4n) is 3.99. The summed E-state index contributed by atoms with van der Waals surface area (Å²) in [6.45, 7) is -0.651. The lowest BCUT2D eigenvalue weighted by Crippen LogP contribution is -2.20. The van der Waals surface area contributed by atoms with E-state index in [1.54, 1.807) is 23.9 Å². The van der Waals surface area contributed by atoms with Crippen LogP contribution in [0, 0.1) is 4.78 Å². The molecule has 4 aromatic heterocycles. The normalized spacial score (nSPS) is 17.3. The molecule has 4 heterocycles. The van der Waals surface area contributed by atoms with Gasteiger partial charge in [0.25, 0.3) is 6.43 Å². The van der Waals surface area contributed by atoms with E-state index in [1.165, 1.54) is 23.5 Å². The van der Waals surface area contributed by atoms with Crippen LogP contribution in [0.3, 0.4) is 0 Å². The van der Waals surface area contributed by atoms with Crippen LogP contribution in [0.2, 0.25) is 0 Å². The lowest BCUT2D eigenvalue weighted by molar-refractivity contribution is 0.123. The Hall–Kier alpha value is -3.22. The predicted octanol–water partition coefficient (Wildman–Crippen LogP) is 2.55. The quantitative estimate of drug-likeness (QED) is 0.467. The van der Waals surface area contributed by atoms with E-state index in [4.69, 9.17) is 9.76 Å². The van der Waals surface area contributed by atoms with E-state index in [0.717, 1.165) is 0 Å². The number of hydrogen-bond donors (Lipinski definition) is 2. The van der Waals surface area contributed by atoms with Crippen LogP contribution in [-0.4, -0.2) is 56.6 Å². The molecule has 1 atom stereocenters. The third-order valence-electron chi connectivity index (χ3n) is 5.64. The third-order valence-corrected chi connectivity index (χ3v) is 7.76. The molecule has 2 N–H and O–H groups in total. The second kappa shape index (κ2) is 6.64. The standard InChI is InChI=1S/C18H19F2N9OS/c1-28-17(22-9-24-28)12-7-10(18(4-5-18)31(2,21)30)16-15(25-12)14(11-3-6-23-26-11)27-29(16)8-13(19)20/h3,6-7,9,13,21H,4-5,8H2,1-2H3,(H,23,26). The highest BCUT2D eigenvalue weighted by atomic mass is 32.2. The molecule has 5 rings (SSSR count). The lowest BCUT2D eigenvalue weighted by atomic mass is 10.1. The van der Waals surface area contributed by atoms with E-state index >= 15 is 0 Å². The molecule has 13 heteroatoms. The summed E-state index contributed by atoms with van der Waals surface area (Å²) < 4.78 is 49.9. The molecule has 10 nitrogen and oxygen atoms in total. The topological polar surface area (TPSA) is 131 Å². The number of alkyl halides is 2. The van der Waals surface area contributed by atoms with Gasteiger partial charge in [0, 0.05) is 25.1 Å². The molecule has 0 spiro atoms. The maximum atomic E-state index is 13.4. The van der Waals surface area contributed by atoms with Gasteiger partial charge in [-0.05, 0) is 25.0 Å². The summed E-state index contributed by atoms with van der Waals surface area (Å²) >= 11 is 0. The zero-order valence-electron chi connectivity index (χ0n) is 16.7. The number of halogens is 2. The van der Waals surface area contributed by atoms with Gasteiger partial charge in [0.1, 0.15) is 29.8 Å². The SMILES string of the molecule is Cn1ncnc1-c1cc(C2(S(C)(=N)=O)CC2)c2c(n1)c(-c1ccn[nH]1)nn2CC(F)F. The van der Waals surface area contributed by atoms with Crippen molar-refractivity contribution >= 4 is 20.8 Å². The van der Waals surface area contributed by atoms with E-state index in [0.29, 0.717) is 52.3 Å². The number of nitrogens with zero attached hydrogens (tertiary/aromatic N) is 7. The first kappa shape index (κ1) is 19.7. The number of aromatic amines is 1. The maximum Gasteiger partial charge on any atom is 0.257 e. The molecule has 1 aliphatic rings. The van der Waals surface area contributed by atoms with Crippen molar-refractivity contribution in [3.63, 3.8) is 0 Å². The van der Waals surface area contributed by atoms with Crippen molar-refractivity contribution < 1.29 is 13.0 Å². The molecule has 4 aromatic rings. The molecule has 0 aromatic carbocycles. The number of nitrogens with one attached hydrogen (secondary N) is 2. The smallest absolute Gasteiger partial charge is 0.257 e. The van der Waals surface area contributed by atoms with Gasteiger partial charge in [0.05, 0.1) is 25.7 Å². The molecule has 31 heavy (non-hydrogen) atoms. The molecule has 1 aliphatic carbocycles. The zero-order valence-corrected chi connectivity index (χ0v) is 17.5. The lowest BCUT2D eigenvalue weighted by Gasteiger charge is -2.19. The van der Waals surface area contributed by atoms with E-state index in [-0.39, 0.29) is 0 Å². The number of H-pyrrole nitrogens is 1. The first-order valence-corrected chi connectivity index (χ1v) is 11.5. The van der Waals surface area contributed by atoms with Gasteiger partial charge >= 0.3 is 0 Å². The number of pyridine rings is 1. The minimum Gasteiger partial charge on any atom is -0.276 e. The Morgan fingerprint density at radius 2 is 2.16 bits per heavy atom. The minimum absolute atomic E-state index is 0.349. The molecule has 1 fully saturated rings. The van der Waals surface area contributed by atoms with Crippen molar-refractivity contribution in [1.29, 1.82) is 4.78 Å². The molecule has 0 radical (unpaired) electrons. The van der Waals surface area contributed by atoms with Crippen molar-refractivity contribution in [2.75, 3.05) is 6.26 Å². The summed E-state index contributed by atoms with van der Waals surface area (Å²) in [4.78, 5) is 8.94. The summed E-state index contributed by atoms with van der Waals surface area (Å²) in [6, 6.07) is 3.36. The van der Waals surface area contributed by atoms with Crippen LogP contribution in [0.15, 0.2) is 24.7 Å². The Morgan fingerprint density at radius 1 is 1.39 bits per heavy atom. The molecule has 1 saturated carbocycles. The van der Waals surface area contributed by atoms with E-state index in [2.05, 4.69) is 25.4 Å². The third kappa shape index (κ3) is 3.02. The number of fused-ring (bicyclic) bond motifs is 1. The van der Waals surface area contributed by atoms with Gasteiger partial charge in [-0.15, -0.1) is 0 Å². The van der Waals surface area contributed by atoms with Crippen LogP contribution in [0.1, 0.15) is 18.4 Å². The second-order valence-electron chi connectivity index (χ2n) is 7.69. The second-order valence-corrected chi connectivity index (χ2v) is 10.2. The van der Waals surface area contributed by atoms with Crippen LogP contribution in [0.5, 0.6) is 0 Å². The van der Waals surface area contributed by atoms with Gasteiger partial charge in [0.15, 0.2) is 5.82 Å². The number of rotatable bonds is 6. The summed E-state index contributed by atoms with van der Waals surface area (Å²) in [6.07, 6.45) is 2.69. The van der Waals surface area contributed by atoms with Gasteiger partial charge in [0.2, 0.25) is 0 Å². The first-order valence-electron chi connectivity index (χ1n) is 9.49. The van der Waals surface area contributed by atoms with Crippen LogP contribution in [-0.2, 0) is 28.1 Å². The zero-order chi connectivity index (χ0) is 22.0. The molecular formula is C18H19F2N9OS.